The number of hydrogen-bond donors (Lipinski definition) is 1. The van der Waals surface area contributed by atoms with Crippen molar-refractivity contribution in [2.45, 2.75) is 56.9 Å². The highest BCUT2D eigenvalue weighted by atomic mass is 16.5. The van der Waals surface area contributed by atoms with Gasteiger partial charge in [-0.05, 0) is 48.4 Å². The van der Waals surface area contributed by atoms with E-state index in [9.17, 15) is 9.90 Å². The quantitative estimate of drug-likeness (QED) is 0.895. The predicted molar refractivity (Wildman–Crippen MR) is 102 cm³/mol. The molecule has 2 saturated carbocycles. The molecule has 4 nitrogen and oxygen atoms in total. The molecule has 0 heterocycles. The van der Waals surface area contributed by atoms with Crippen molar-refractivity contribution in [1.29, 1.82) is 0 Å². The van der Waals surface area contributed by atoms with E-state index in [4.69, 9.17) is 4.74 Å². The Bertz CT molecular complexity index is 781. The Balaban J connectivity index is 1.55. The van der Waals surface area contributed by atoms with Crippen molar-refractivity contribution in [2.24, 2.45) is 5.92 Å². The number of hydrogen-bond acceptors (Lipinski definition) is 3. The molecule has 0 spiro atoms. The number of carbonyl (C=O) groups excluding carboxylic acids is 1. The number of fused-ring (bicyclic) bond motifs is 1. The normalized spacial score (nSPS) is 26.0. The first-order valence-electron chi connectivity index (χ1n) is 9.65. The van der Waals surface area contributed by atoms with E-state index in [0.29, 0.717) is 25.4 Å². The van der Waals surface area contributed by atoms with Gasteiger partial charge in [0.15, 0.2) is 0 Å². The number of aliphatic hydroxyl groups excluding tert-OH is 1. The Morgan fingerprint density at radius 2 is 1.88 bits per heavy atom. The Morgan fingerprint density at radius 3 is 2.65 bits per heavy atom. The number of carbonyl (C=O) groups is 1. The van der Waals surface area contributed by atoms with E-state index < -0.39 is 6.10 Å². The summed E-state index contributed by atoms with van der Waals surface area (Å²) in [6, 6.07) is 15.1. The van der Waals surface area contributed by atoms with E-state index in [0.717, 1.165) is 19.3 Å². The van der Waals surface area contributed by atoms with Crippen LogP contribution in [0.5, 0.6) is 0 Å². The molecular weight excluding hydrogens is 326 g/mol. The highest BCUT2D eigenvalue weighted by Crippen LogP contribution is 2.35. The maximum Gasteiger partial charge on any atom is 0.226 e. The van der Waals surface area contributed by atoms with E-state index >= 15 is 0 Å². The van der Waals surface area contributed by atoms with Gasteiger partial charge in [-0.2, -0.15) is 0 Å². The monoisotopic (exact) mass is 353 g/mol. The number of benzene rings is 2. The molecule has 1 N–H and O–H groups in total. The van der Waals surface area contributed by atoms with E-state index in [2.05, 4.69) is 41.3 Å². The van der Waals surface area contributed by atoms with Crippen LogP contribution in [0.25, 0.3) is 10.8 Å². The molecule has 0 aliphatic heterocycles. The molecule has 4 heteroatoms. The molecule has 0 unspecified atom stereocenters. The third-order valence-corrected chi connectivity index (χ3v) is 5.90. The smallest absolute Gasteiger partial charge is 0.226 e. The topological polar surface area (TPSA) is 49.8 Å². The average Bonchev–Trinajstić information content (AvgIpc) is 3.51. The number of methoxy groups -OCH3 is 1. The zero-order valence-corrected chi connectivity index (χ0v) is 15.3. The SMILES string of the molecule is CO[C@@H]1C[C@H](C(=O)N(Cc2cccc3ccccc23)C2CC2)CC[C@@H]1O. The average molecular weight is 353 g/mol. The molecule has 0 aromatic heterocycles. The zero-order chi connectivity index (χ0) is 18.1. The Hall–Kier alpha value is -1.91. The van der Waals surface area contributed by atoms with Gasteiger partial charge >= 0.3 is 0 Å². The lowest BCUT2D eigenvalue weighted by Crippen LogP contribution is -2.44. The van der Waals surface area contributed by atoms with Crippen LogP contribution in [-0.2, 0) is 16.1 Å². The first-order valence-corrected chi connectivity index (χ1v) is 9.65. The standard InChI is InChI=1S/C22H27NO3/c1-26-21-13-16(9-12-20(21)24)22(25)23(18-10-11-18)14-17-7-4-6-15-5-2-3-8-19(15)17/h2-8,16,18,20-21,24H,9-14H2,1H3/t16-,20+,21-/m1/s1. The first-order chi connectivity index (χ1) is 12.7. The Labute approximate surface area is 154 Å². The lowest BCUT2D eigenvalue weighted by molar-refractivity contribution is -0.142. The van der Waals surface area contributed by atoms with Crippen LogP contribution >= 0.6 is 0 Å². The van der Waals surface area contributed by atoms with Crippen LogP contribution in [0.15, 0.2) is 42.5 Å². The van der Waals surface area contributed by atoms with Crippen molar-refractivity contribution < 1.29 is 14.6 Å². The molecule has 2 aromatic carbocycles. The second-order valence-corrected chi connectivity index (χ2v) is 7.69. The lowest BCUT2D eigenvalue weighted by atomic mass is 9.84. The molecule has 2 aromatic rings. The van der Waals surface area contributed by atoms with Crippen LogP contribution in [0.1, 0.15) is 37.7 Å². The summed E-state index contributed by atoms with van der Waals surface area (Å²) in [5.41, 5.74) is 1.21. The van der Waals surface area contributed by atoms with E-state index in [1.54, 1.807) is 7.11 Å². The van der Waals surface area contributed by atoms with Gasteiger partial charge in [-0.15, -0.1) is 0 Å². The summed E-state index contributed by atoms with van der Waals surface area (Å²) in [5.74, 6) is 0.188. The second-order valence-electron chi connectivity index (χ2n) is 7.69. The Kier molecular flexibility index (Phi) is 4.96. The molecule has 3 atom stereocenters. The predicted octanol–water partition coefficient (Wildman–Crippen LogP) is 3.51. The van der Waals surface area contributed by atoms with Gasteiger partial charge in [-0.1, -0.05) is 42.5 Å². The van der Waals surface area contributed by atoms with Crippen molar-refractivity contribution in [3.8, 4) is 0 Å². The van der Waals surface area contributed by atoms with Crippen LogP contribution in [-0.4, -0.2) is 41.3 Å². The summed E-state index contributed by atoms with van der Waals surface area (Å²) in [6.07, 6.45) is 3.53. The van der Waals surface area contributed by atoms with Crippen molar-refractivity contribution in [3.05, 3.63) is 48.0 Å². The maximum atomic E-state index is 13.3. The van der Waals surface area contributed by atoms with Crippen LogP contribution in [0.4, 0.5) is 0 Å². The third-order valence-electron chi connectivity index (χ3n) is 5.90. The summed E-state index contributed by atoms with van der Waals surface area (Å²) < 4.78 is 5.39. The van der Waals surface area contributed by atoms with E-state index in [1.807, 2.05) is 6.07 Å². The summed E-state index contributed by atoms with van der Waals surface area (Å²) in [5, 5.41) is 12.5. The van der Waals surface area contributed by atoms with Crippen LogP contribution in [0, 0.1) is 5.92 Å². The summed E-state index contributed by atoms with van der Waals surface area (Å²) in [4.78, 5) is 15.4. The minimum absolute atomic E-state index is 0.0427. The van der Waals surface area contributed by atoms with Gasteiger partial charge in [0.05, 0.1) is 12.2 Å². The number of nitrogens with zero attached hydrogens (tertiary/aromatic N) is 1. The highest BCUT2D eigenvalue weighted by Gasteiger charge is 2.39. The first kappa shape index (κ1) is 17.5. The maximum absolute atomic E-state index is 13.3. The summed E-state index contributed by atoms with van der Waals surface area (Å²) in [7, 11) is 1.62. The molecule has 138 valence electrons. The number of ether oxygens (including phenoxy) is 1. The molecule has 1 amide bonds. The fourth-order valence-corrected chi connectivity index (χ4v) is 4.21. The van der Waals surface area contributed by atoms with E-state index in [1.165, 1.54) is 16.3 Å². The molecule has 2 aliphatic carbocycles. The second kappa shape index (κ2) is 7.37. The van der Waals surface area contributed by atoms with Gasteiger partial charge in [0.2, 0.25) is 5.91 Å². The number of rotatable bonds is 5. The number of aliphatic hydroxyl groups is 1. The molecule has 26 heavy (non-hydrogen) atoms. The fraction of sp³-hybridized carbons (Fsp3) is 0.500. The van der Waals surface area contributed by atoms with Crippen molar-refractivity contribution in [3.63, 3.8) is 0 Å². The largest absolute Gasteiger partial charge is 0.390 e. The van der Waals surface area contributed by atoms with Gasteiger partial charge in [0.1, 0.15) is 0 Å². The van der Waals surface area contributed by atoms with Gasteiger partial charge < -0.3 is 14.7 Å². The zero-order valence-electron chi connectivity index (χ0n) is 15.3. The van der Waals surface area contributed by atoms with Crippen LogP contribution in [0.3, 0.4) is 0 Å². The van der Waals surface area contributed by atoms with Crippen LogP contribution < -0.4 is 0 Å². The minimum atomic E-state index is -0.448. The molecule has 0 saturated heterocycles. The Morgan fingerprint density at radius 1 is 1.12 bits per heavy atom. The van der Waals surface area contributed by atoms with E-state index in [-0.39, 0.29) is 17.9 Å². The molecule has 0 bridgehead atoms. The van der Waals surface area contributed by atoms with Crippen LogP contribution in [0.2, 0.25) is 0 Å². The molecule has 2 fully saturated rings. The summed E-state index contributed by atoms with van der Waals surface area (Å²) >= 11 is 0. The number of amides is 1. The lowest BCUT2D eigenvalue weighted by Gasteiger charge is -2.35. The summed E-state index contributed by atoms with van der Waals surface area (Å²) in [6.45, 7) is 0.668. The van der Waals surface area contributed by atoms with Gasteiger partial charge in [-0.25, -0.2) is 0 Å². The van der Waals surface area contributed by atoms with Crippen molar-refractivity contribution in [1.82, 2.24) is 4.90 Å². The highest BCUT2D eigenvalue weighted by molar-refractivity contribution is 5.86. The van der Waals surface area contributed by atoms with Gasteiger partial charge in [0.25, 0.3) is 0 Å². The minimum Gasteiger partial charge on any atom is -0.390 e. The third kappa shape index (κ3) is 3.49. The van der Waals surface area contributed by atoms with Gasteiger partial charge in [0, 0.05) is 25.6 Å². The fourth-order valence-electron chi connectivity index (χ4n) is 4.21. The molecular formula is C22H27NO3. The molecule has 2 aliphatic rings. The van der Waals surface area contributed by atoms with Crippen molar-refractivity contribution in [2.75, 3.05) is 7.11 Å². The van der Waals surface area contributed by atoms with Crippen molar-refractivity contribution >= 4 is 16.7 Å². The van der Waals surface area contributed by atoms with Gasteiger partial charge in [-0.3, -0.25) is 4.79 Å². The molecule has 4 rings (SSSR count). The molecule has 0 radical (unpaired) electrons.